The van der Waals surface area contributed by atoms with E-state index >= 15 is 0 Å². The molecule has 0 spiro atoms. The van der Waals surface area contributed by atoms with Gasteiger partial charge in [-0.05, 0) is 40.3 Å². The molecule has 3 heteroatoms. The van der Waals surface area contributed by atoms with Crippen LogP contribution in [0.25, 0.3) is 0 Å². The van der Waals surface area contributed by atoms with E-state index in [4.69, 9.17) is 5.73 Å². The van der Waals surface area contributed by atoms with Crippen LogP contribution >= 0.6 is 11.8 Å². The largest absolute Gasteiger partial charge is 0.329 e. The van der Waals surface area contributed by atoms with Gasteiger partial charge in [-0.15, -0.1) is 11.8 Å². The van der Waals surface area contributed by atoms with Crippen LogP contribution in [0.3, 0.4) is 0 Å². The van der Waals surface area contributed by atoms with Crippen LogP contribution in [0.2, 0.25) is 0 Å². The first kappa shape index (κ1) is 11.3. The molecule has 1 unspecified atom stereocenters. The Morgan fingerprint density at radius 1 is 1.54 bits per heavy atom. The Hall–Kier alpha value is 0.270. The Balaban J connectivity index is 2.35. The van der Waals surface area contributed by atoms with Crippen LogP contribution in [0, 0.1) is 0 Å². The Kier molecular flexibility index (Phi) is 4.07. The molecule has 1 aliphatic rings. The summed E-state index contributed by atoms with van der Waals surface area (Å²) in [5.41, 5.74) is 5.72. The SMILES string of the molecule is CN1CCCC(SC(C)(C)CN)C1. The second-order valence-corrected chi connectivity index (χ2v) is 6.62. The van der Waals surface area contributed by atoms with Crippen LogP contribution in [-0.2, 0) is 0 Å². The van der Waals surface area contributed by atoms with E-state index in [-0.39, 0.29) is 4.75 Å². The number of nitrogens with zero attached hydrogens (tertiary/aromatic N) is 1. The Labute approximate surface area is 86.2 Å². The van der Waals surface area contributed by atoms with Crippen molar-refractivity contribution >= 4 is 11.8 Å². The molecule has 0 amide bonds. The second kappa shape index (κ2) is 4.67. The summed E-state index contributed by atoms with van der Waals surface area (Å²) in [5, 5.41) is 0.789. The second-order valence-electron chi connectivity index (χ2n) is 4.61. The van der Waals surface area contributed by atoms with E-state index in [0.29, 0.717) is 0 Å². The number of rotatable bonds is 3. The molecular formula is C10H22N2S. The predicted molar refractivity (Wildman–Crippen MR) is 61.2 cm³/mol. The molecular weight excluding hydrogens is 180 g/mol. The lowest BCUT2D eigenvalue weighted by molar-refractivity contribution is 0.282. The number of likely N-dealkylation sites (tertiary alicyclic amines) is 1. The van der Waals surface area contributed by atoms with Crippen molar-refractivity contribution in [2.45, 2.75) is 36.7 Å². The van der Waals surface area contributed by atoms with E-state index in [1.54, 1.807) is 0 Å². The lowest BCUT2D eigenvalue weighted by Gasteiger charge is -2.34. The number of thioether (sulfide) groups is 1. The van der Waals surface area contributed by atoms with Crippen molar-refractivity contribution in [2.24, 2.45) is 5.73 Å². The van der Waals surface area contributed by atoms with Gasteiger partial charge < -0.3 is 10.6 Å². The summed E-state index contributed by atoms with van der Waals surface area (Å²) >= 11 is 2.06. The molecule has 0 bridgehead atoms. The zero-order valence-electron chi connectivity index (χ0n) is 9.05. The van der Waals surface area contributed by atoms with E-state index in [2.05, 4.69) is 37.6 Å². The fourth-order valence-corrected chi connectivity index (χ4v) is 3.33. The van der Waals surface area contributed by atoms with Gasteiger partial charge in [0.2, 0.25) is 0 Å². The van der Waals surface area contributed by atoms with E-state index in [9.17, 15) is 0 Å². The summed E-state index contributed by atoms with van der Waals surface area (Å²) in [6, 6.07) is 0. The lowest BCUT2D eigenvalue weighted by atomic mass is 10.1. The van der Waals surface area contributed by atoms with Gasteiger partial charge in [-0.1, -0.05) is 0 Å². The molecule has 1 heterocycles. The van der Waals surface area contributed by atoms with E-state index < -0.39 is 0 Å². The molecule has 0 aromatic heterocycles. The molecule has 2 nitrogen and oxygen atoms in total. The Morgan fingerprint density at radius 3 is 2.77 bits per heavy atom. The zero-order chi connectivity index (χ0) is 9.90. The number of hydrogen-bond donors (Lipinski definition) is 1. The molecule has 2 N–H and O–H groups in total. The van der Waals surface area contributed by atoms with Crippen molar-refractivity contribution in [1.29, 1.82) is 0 Å². The minimum Gasteiger partial charge on any atom is -0.329 e. The van der Waals surface area contributed by atoms with Crippen molar-refractivity contribution in [2.75, 3.05) is 26.7 Å². The van der Waals surface area contributed by atoms with Gasteiger partial charge in [0.25, 0.3) is 0 Å². The molecule has 0 aliphatic carbocycles. The normalized spacial score (nSPS) is 26.3. The van der Waals surface area contributed by atoms with E-state index in [1.165, 1.54) is 25.9 Å². The van der Waals surface area contributed by atoms with E-state index in [1.807, 2.05) is 0 Å². The fraction of sp³-hybridized carbons (Fsp3) is 1.00. The molecule has 1 fully saturated rings. The average molecular weight is 202 g/mol. The van der Waals surface area contributed by atoms with Gasteiger partial charge in [0.15, 0.2) is 0 Å². The third kappa shape index (κ3) is 3.88. The van der Waals surface area contributed by atoms with Crippen LogP contribution in [-0.4, -0.2) is 41.6 Å². The summed E-state index contributed by atoms with van der Waals surface area (Å²) in [7, 11) is 2.21. The maximum atomic E-state index is 5.72. The average Bonchev–Trinajstić information content (AvgIpc) is 2.03. The Bertz CT molecular complexity index is 159. The number of piperidine rings is 1. The standard InChI is InChI=1S/C10H22N2S/c1-10(2,8-11)13-9-5-4-6-12(3)7-9/h9H,4-8,11H2,1-3H3. The first-order valence-corrected chi connectivity index (χ1v) is 5.98. The highest BCUT2D eigenvalue weighted by molar-refractivity contribution is 8.01. The summed E-state index contributed by atoms with van der Waals surface area (Å²) in [6.45, 7) is 7.75. The van der Waals surface area contributed by atoms with Crippen LogP contribution in [0.5, 0.6) is 0 Å². The van der Waals surface area contributed by atoms with Crippen LogP contribution in [0.15, 0.2) is 0 Å². The summed E-state index contributed by atoms with van der Waals surface area (Å²) in [4.78, 5) is 2.42. The zero-order valence-corrected chi connectivity index (χ0v) is 9.86. The van der Waals surface area contributed by atoms with Crippen molar-refractivity contribution < 1.29 is 0 Å². The monoisotopic (exact) mass is 202 g/mol. The maximum Gasteiger partial charge on any atom is 0.0229 e. The van der Waals surface area contributed by atoms with E-state index in [0.717, 1.165) is 11.8 Å². The highest BCUT2D eigenvalue weighted by atomic mass is 32.2. The lowest BCUT2D eigenvalue weighted by Crippen LogP contribution is -2.38. The van der Waals surface area contributed by atoms with Gasteiger partial charge in [0.05, 0.1) is 0 Å². The number of nitrogens with two attached hydrogens (primary N) is 1. The first-order valence-electron chi connectivity index (χ1n) is 5.10. The predicted octanol–water partition coefficient (Wildman–Crippen LogP) is 1.55. The van der Waals surface area contributed by atoms with Gasteiger partial charge in [-0.3, -0.25) is 0 Å². The smallest absolute Gasteiger partial charge is 0.0229 e. The van der Waals surface area contributed by atoms with Crippen LogP contribution < -0.4 is 5.73 Å². The van der Waals surface area contributed by atoms with Gasteiger partial charge in [0, 0.05) is 23.1 Å². The first-order chi connectivity index (χ1) is 6.03. The van der Waals surface area contributed by atoms with Gasteiger partial charge >= 0.3 is 0 Å². The van der Waals surface area contributed by atoms with Crippen molar-refractivity contribution in [3.8, 4) is 0 Å². The molecule has 1 atom stereocenters. The molecule has 13 heavy (non-hydrogen) atoms. The molecule has 1 aliphatic heterocycles. The molecule has 1 saturated heterocycles. The summed E-state index contributed by atoms with van der Waals surface area (Å²) in [6.07, 6.45) is 2.70. The highest BCUT2D eigenvalue weighted by Gasteiger charge is 2.25. The molecule has 78 valence electrons. The summed E-state index contributed by atoms with van der Waals surface area (Å²) < 4.78 is 0.253. The highest BCUT2D eigenvalue weighted by Crippen LogP contribution is 2.32. The van der Waals surface area contributed by atoms with Gasteiger partial charge in [-0.2, -0.15) is 0 Å². The van der Waals surface area contributed by atoms with Crippen molar-refractivity contribution in [3.05, 3.63) is 0 Å². The molecule has 0 radical (unpaired) electrons. The maximum absolute atomic E-state index is 5.72. The molecule has 0 aromatic carbocycles. The van der Waals surface area contributed by atoms with Crippen molar-refractivity contribution in [3.63, 3.8) is 0 Å². The number of hydrogen-bond acceptors (Lipinski definition) is 3. The Morgan fingerprint density at radius 2 is 2.23 bits per heavy atom. The van der Waals surface area contributed by atoms with Gasteiger partial charge in [0.1, 0.15) is 0 Å². The van der Waals surface area contributed by atoms with Gasteiger partial charge in [-0.25, -0.2) is 0 Å². The third-order valence-electron chi connectivity index (χ3n) is 2.56. The molecule has 0 saturated carbocycles. The quantitative estimate of drug-likeness (QED) is 0.753. The summed E-state index contributed by atoms with van der Waals surface area (Å²) in [5.74, 6) is 0. The third-order valence-corrected chi connectivity index (χ3v) is 4.08. The molecule has 0 aromatic rings. The van der Waals surface area contributed by atoms with Crippen LogP contribution in [0.1, 0.15) is 26.7 Å². The molecule has 1 rings (SSSR count). The van der Waals surface area contributed by atoms with Crippen molar-refractivity contribution in [1.82, 2.24) is 4.90 Å². The fourth-order valence-electron chi connectivity index (χ4n) is 1.71. The topological polar surface area (TPSA) is 29.3 Å². The van der Waals surface area contributed by atoms with Crippen LogP contribution in [0.4, 0.5) is 0 Å². The minimum atomic E-state index is 0.253. The minimum absolute atomic E-state index is 0.253.